The summed E-state index contributed by atoms with van der Waals surface area (Å²) in [6.45, 7) is 4.59. The Balaban J connectivity index is 1.41. The maximum absolute atomic E-state index is 12.9. The Bertz CT molecular complexity index is 1110. The smallest absolute Gasteiger partial charge is 0.287 e. The predicted molar refractivity (Wildman–Crippen MR) is 122 cm³/mol. The Morgan fingerprint density at radius 1 is 1.22 bits per heavy atom. The standard InChI is InChI=1S/C21H28ClN5O4S/c1-15-9-18(12-23-10-15)32(29,30)26-6-4-17(5-7-26)27-21(28)20(22)19(13-25-27)24-11-16-3-2-8-31-14-16/h9-10,12-13,16-17,24H,2-8,11,14H2,1H3/t16-/m1/s1. The first-order chi connectivity index (χ1) is 15.4. The van der Waals surface area contributed by atoms with Gasteiger partial charge in [0.1, 0.15) is 9.92 Å². The van der Waals surface area contributed by atoms with Crippen LogP contribution in [-0.2, 0) is 14.8 Å². The number of pyridine rings is 1. The van der Waals surface area contributed by atoms with Crippen LogP contribution in [-0.4, -0.2) is 60.3 Å². The zero-order valence-corrected chi connectivity index (χ0v) is 19.6. The number of aryl methyl sites for hydroxylation is 1. The lowest BCUT2D eigenvalue weighted by Gasteiger charge is -2.31. The van der Waals surface area contributed by atoms with Crippen molar-refractivity contribution in [1.82, 2.24) is 19.1 Å². The number of rotatable bonds is 6. The summed E-state index contributed by atoms with van der Waals surface area (Å²) in [7, 11) is -3.62. The maximum atomic E-state index is 12.9. The lowest BCUT2D eigenvalue weighted by molar-refractivity contribution is 0.0595. The van der Waals surface area contributed by atoms with Crippen LogP contribution in [0.5, 0.6) is 0 Å². The van der Waals surface area contributed by atoms with Gasteiger partial charge in [0.25, 0.3) is 5.56 Å². The molecule has 0 saturated carbocycles. The van der Waals surface area contributed by atoms with Gasteiger partial charge in [-0.2, -0.15) is 9.40 Å². The zero-order valence-electron chi connectivity index (χ0n) is 18.0. The molecule has 0 spiro atoms. The fraction of sp³-hybridized carbons (Fsp3) is 0.571. The average molecular weight is 482 g/mol. The van der Waals surface area contributed by atoms with Crippen molar-refractivity contribution in [3.05, 3.63) is 45.6 Å². The second-order valence-corrected chi connectivity index (χ2v) is 10.7. The quantitative estimate of drug-likeness (QED) is 0.675. The molecule has 0 bridgehead atoms. The van der Waals surface area contributed by atoms with Crippen LogP contribution in [0.4, 0.5) is 5.69 Å². The van der Waals surface area contributed by atoms with E-state index >= 15 is 0 Å². The first-order valence-corrected chi connectivity index (χ1v) is 12.7. The van der Waals surface area contributed by atoms with Gasteiger partial charge in [-0.05, 0) is 50.2 Å². The van der Waals surface area contributed by atoms with E-state index < -0.39 is 10.0 Å². The van der Waals surface area contributed by atoms with Crippen molar-refractivity contribution >= 4 is 27.3 Å². The summed E-state index contributed by atoms with van der Waals surface area (Å²) in [4.78, 5) is 17.0. The van der Waals surface area contributed by atoms with Gasteiger partial charge in [0.05, 0.1) is 24.5 Å². The summed E-state index contributed by atoms with van der Waals surface area (Å²) in [5, 5.41) is 7.66. The maximum Gasteiger partial charge on any atom is 0.287 e. The van der Waals surface area contributed by atoms with Gasteiger partial charge < -0.3 is 10.1 Å². The number of hydrogen-bond donors (Lipinski definition) is 1. The molecule has 2 aliphatic heterocycles. The monoisotopic (exact) mass is 481 g/mol. The molecule has 2 aliphatic rings. The number of nitrogens with zero attached hydrogens (tertiary/aromatic N) is 4. The number of hydrogen-bond acceptors (Lipinski definition) is 7. The molecule has 0 unspecified atom stereocenters. The Hall–Kier alpha value is -2.01. The summed E-state index contributed by atoms with van der Waals surface area (Å²) in [6.07, 6.45) is 7.64. The molecule has 2 aromatic rings. The molecule has 174 valence electrons. The molecule has 1 N–H and O–H groups in total. The van der Waals surface area contributed by atoms with Crippen LogP contribution in [0.15, 0.2) is 34.3 Å². The highest BCUT2D eigenvalue weighted by molar-refractivity contribution is 7.89. The Labute approximate surface area is 192 Å². The van der Waals surface area contributed by atoms with Crippen molar-refractivity contribution in [1.29, 1.82) is 0 Å². The molecule has 4 rings (SSSR count). The minimum atomic E-state index is -3.62. The number of aromatic nitrogens is 3. The van der Waals surface area contributed by atoms with Crippen molar-refractivity contribution in [2.45, 2.75) is 43.5 Å². The van der Waals surface area contributed by atoms with E-state index in [4.69, 9.17) is 16.3 Å². The molecule has 0 aromatic carbocycles. The van der Waals surface area contributed by atoms with Crippen LogP contribution in [0.1, 0.15) is 37.3 Å². The molecule has 2 fully saturated rings. The van der Waals surface area contributed by atoms with Crippen molar-refractivity contribution < 1.29 is 13.2 Å². The van der Waals surface area contributed by atoms with Crippen LogP contribution in [0.25, 0.3) is 0 Å². The fourth-order valence-corrected chi connectivity index (χ4v) is 5.92. The highest BCUT2D eigenvalue weighted by Crippen LogP contribution is 2.27. The minimum absolute atomic E-state index is 0.109. The molecule has 2 saturated heterocycles. The molecule has 1 atom stereocenters. The molecule has 2 aromatic heterocycles. The first kappa shape index (κ1) is 23.2. The predicted octanol–water partition coefficient (Wildman–Crippen LogP) is 2.46. The van der Waals surface area contributed by atoms with Crippen LogP contribution in [0, 0.1) is 12.8 Å². The molecule has 32 heavy (non-hydrogen) atoms. The summed E-state index contributed by atoms with van der Waals surface area (Å²) >= 11 is 6.35. The van der Waals surface area contributed by atoms with E-state index in [2.05, 4.69) is 15.4 Å². The lowest BCUT2D eigenvalue weighted by Crippen LogP contribution is -2.41. The number of sulfonamides is 1. The van der Waals surface area contributed by atoms with Crippen molar-refractivity contribution in [2.24, 2.45) is 5.92 Å². The van der Waals surface area contributed by atoms with E-state index in [0.29, 0.717) is 50.7 Å². The van der Waals surface area contributed by atoms with Crippen molar-refractivity contribution in [2.75, 3.05) is 38.2 Å². The van der Waals surface area contributed by atoms with Gasteiger partial charge in [0.2, 0.25) is 10.0 Å². The van der Waals surface area contributed by atoms with E-state index in [9.17, 15) is 13.2 Å². The van der Waals surface area contributed by atoms with E-state index in [0.717, 1.165) is 25.0 Å². The van der Waals surface area contributed by atoms with Gasteiger partial charge in [-0.1, -0.05) is 11.6 Å². The van der Waals surface area contributed by atoms with E-state index in [1.165, 1.54) is 15.2 Å². The summed E-state index contributed by atoms with van der Waals surface area (Å²) in [5.74, 6) is 0.386. The number of ether oxygens (including phenoxy) is 1. The van der Waals surface area contributed by atoms with E-state index in [-0.39, 0.29) is 21.5 Å². The molecular weight excluding hydrogens is 454 g/mol. The first-order valence-electron chi connectivity index (χ1n) is 10.9. The molecule has 4 heterocycles. The third-order valence-electron chi connectivity index (χ3n) is 6.04. The number of nitrogens with one attached hydrogen (secondary N) is 1. The normalized spacial score (nSPS) is 20.9. The Morgan fingerprint density at radius 3 is 2.69 bits per heavy atom. The third-order valence-corrected chi connectivity index (χ3v) is 8.27. The third kappa shape index (κ3) is 4.98. The molecular formula is C21H28ClN5O4S. The van der Waals surface area contributed by atoms with Gasteiger partial charge in [0, 0.05) is 38.6 Å². The minimum Gasteiger partial charge on any atom is -0.382 e. The molecule has 0 amide bonds. The van der Waals surface area contributed by atoms with Gasteiger partial charge in [-0.25, -0.2) is 13.1 Å². The van der Waals surface area contributed by atoms with Gasteiger partial charge in [0.15, 0.2) is 0 Å². The van der Waals surface area contributed by atoms with Gasteiger partial charge in [-0.15, -0.1) is 0 Å². The topological polar surface area (TPSA) is 106 Å². The zero-order chi connectivity index (χ0) is 22.7. The molecule has 11 heteroatoms. The van der Waals surface area contributed by atoms with E-state index in [1.54, 1.807) is 18.5 Å². The SMILES string of the molecule is Cc1cncc(S(=O)(=O)N2CCC(n3ncc(NC[C@H]4CCCOC4)c(Cl)c3=O)CC2)c1. The lowest BCUT2D eigenvalue weighted by atomic mass is 10.0. The molecule has 0 aliphatic carbocycles. The number of anilines is 1. The van der Waals surface area contributed by atoms with Crippen molar-refractivity contribution in [3.8, 4) is 0 Å². The summed E-state index contributed by atoms with van der Waals surface area (Å²) < 4.78 is 34.1. The van der Waals surface area contributed by atoms with Crippen LogP contribution in [0.2, 0.25) is 5.02 Å². The van der Waals surface area contributed by atoms with Crippen LogP contribution < -0.4 is 10.9 Å². The second kappa shape index (κ2) is 9.86. The number of piperidine rings is 1. The Kier molecular flexibility index (Phi) is 7.14. The fourth-order valence-electron chi connectivity index (χ4n) is 4.20. The van der Waals surface area contributed by atoms with E-state index in [1.807, 2.05) is 6.92 Å². The Morgan fingerprint density at radius 2 is 2.00 bits per heavy atom. The largest absolute Gasteiger partial charge is 0.382 e. The molecule has 9 nitrogen and oxygen atoms in total. The average Bonchev–Trinajstić information content (AvgIpc) is 2.81. The second-order valence-electron chi connectivity index (χ2n) is 8.42. The highest BCUT2D eigenvalue weighted by Gasteiger charge is 2.31. The van der Waals surface area contributed by atoms with Crippen molar-refractivity contribution in [3.63, 3.8) is 0 Å². The van der Waals surface area contributed by atoms with Crippen LogP contribution in [0.3, 0.4) is 0 Å². The van der Waals surface area contributed by atoms with Crippen LogP contribution >= 0.6 is 11.6 Å². The number of halogens is 1. The molecule has 0 radical (unpaired) electrons. The van der Waals surface area contributed by atoms with Gasteiger partial charge in [-0.3, -0.25) is 9.78 Å². The summed E-state index contributed by atoms with van der Waals surface area (Å²) in [5.41, 5.74) is 0.947. The summed E-state index contributed by atoms with van der Waals surface area (Å²) in [6, 6.07) is 1.41. The highest BCUT2D eigenvalue weighted by atomic mass is 35.5. The van der Waals surface area contributed by atoms with Gasteiger partial charge >= 0.3 is 0 Å².